The molecule has 84 valence electrons. The first-order valence-corrected chi connectivity index (χ1v) is 7.12. The van der Waals surface area contributed by atoms with Crippen molar-refractivity contribution >= 4 is 17.7 Å². The van der Waals surface area contributed by atoms with Crippen LogP contribution in [0.15, 0.2) is 0 Å². The van der Waals surface area contributed by atoms with Gasteiger partial charge in [0.25, 0.3) is 0 Å². The van der Waals surface area contributed by atoms with E-state index in [0.29, 0.717) is 16.8 Å². The van der Waals surface area contributed by atoms with Crippen molar-refractivity contribution in [3.63, 3.8) is 0 Å². The summed E-state index contributed by atoms with van der Waals surface area (Å²) in [7, 11) is 0. The lowest BCUT2D eigenvalue weighted by molar-refractivity contribution is -0.740. The van der Waals surface area contributed by atoms with Crippen molar-refractivity contribution in [2.24, 2.45) is 0 Å². The minimum absolute atomic E-state index is 0.378. The van der Waals surface area contributed by atoms with Gasteiger partial charge in [-0.25, -0.2) is 0 Å². The molecule has 0 aromatic heterocycles. The molecule has 3 fully saturated rings. The Morgan fingerprint density at radius 2 is 2.13 bits per heavy atom. The molecule has 3 nitrogen and oxygen atoms in total. The fraction of sp³-hybridized carbons (Fsp3) is 0.909. The number of nitrogens with two attached hydrogens (primary N) is 1. The average molecular weight is 227 g/mol. The smallest absolute Gasteiger partial charge is 0.233 e. The molecule has 2 N–H and O–H groups in total. The number of rotatable bonds is 0. The number of carbonyl (C=O) groups is 1. The molecule has 1 aliphatic carbocycles. The van der Waals surface area contributed by atoms with E-state index in [1.165, 1.54) is 32.1 Å². The number of hydrogen-bond acceptors (Lipinski definition) is 2. The molecule has 0 radical (unpaired) electrons. The summed E-state index contributed by atoms with van der Waals surface area (Å²) in [6.45, 7) is 2.08. The van der Waals surface area contributed by atoms with Gasteiger partial charge in [0, 0.05) is 12.8 Å². The molecule has 1 spiro atoms. The summed E-state index contributed by atoms with van der Waals surface area (Å²) in [5, 5.41) is 3.03. The molecule has 2 heterocycles. The van der Waals surface area contributed by atoms with E-state index >= 15 is 0 Å². The molecule has 3 aliphatic rings. The molecule has 3 rings (SSSR count). The maximum absolute atomic E-state index is 11.7. The van der Waals surface area contributed by atoms with Gasteiger partial charge in [0.1, 0.15) is 10.9 Å². The van der Waals surface area contributed by atoms with Crippen LogP contribution in [0.1, 0.15) is 32.1 Å². The van der Waals surface area contributed by atoms with Crippen molar-refractivity contribution in [2.45, 2.75) is 43.0 Å². The van der Waals surface area contributed by atoms with E-state index in [-0.39, 0.29) is 0 Å². The fourth-order valence-electron chi connectivity index (χ4n) is 3.43. The van der Waals surface area contributed by atoms with Crippen LogP contribution in [0.4, 0.5) is 0 Å². The highest BCUT2D eigenvalue weighted by Gasteiger charge is 2.53. The zero-order valence-corrected chi connectivity index (χ0v) is 9.89. The van der Waals surface area contributed by atoms with E-state index < -0.39 is 0 Å². The molecule has 1 saturated carbocycles. The first-order valence-electron chi connectivity index (χ1n) is 6.07. The van der Waals surface area contributed by atoms with Crippen molar-refractivity contribution in [1.29, 1.82) is 0 Å². The Morgan fingerprint density at radius 3 is 2.93 bits per heavy atom. The van der Waals surface area contributed by atoms with Crippen LogP contribution in [0.5, 0.6) is 0 Å². The van der Waals surface area contributed by atoms with Gasteiger partial charge in [0.05, 0.1) is 18.8 Å². The predicted octanol–water partition coefficient (Wildman–Crippen LogP) is 0.168. The second-order valence-electron chi connectivity index (χ2n) is 5.04. The number of nitrogens with zero attached hydrogens (tertiary/aromatic N) is 1. The Kier molecular flexibility index (Phi) is 2.44. The minimum atomic E-state index is 0.378. The second kappa shape index (κ2) is 3.67. The van der Waals surface area contributed by atoms with Crippen LogP contribution in [0.25, 0.3) is 0 Å². The highest BCUT2D eigenvalue weighted by atomic mass is 32.2. The molecular weight excluding hydrogens is 208 g/mol. The molecule has 0 aromatic carbocycles. The van der Waals surface area contributed by atoms with Gasteiger partial charge in [0.15, 0.2) is 0 Å². The predicted molar refractivity (Wildman–Crippen MR) is 60.6 cm³/mol. The molecule has 2 aliphatic heterocycles. The van der Waals surface area contributed by atoms with Gasteiger partial charge in [-0.3, -0.25) is 4.79 Å². The Morgan fingerprint density at radius 1 is 1.33 bits per heavy atom. The Labute approximate surface area is 95.0 Å². The topological polar surface area (TPSA) is 36.9 Å². The zero-order chi connectivity index (χ0) is 10.3. The normalized spacial score (nSPS) is 34.5. The monoisotopic (exact) mass is 227 g/mol. The summed E-state index contributed by atoms with van der Waals surface area (Å²) in [4.78, 5) is 13.9. The molecule has 1 atom stereocenters. The molecule has 4 heteroatoms. The molecule has 0 bridgehead atoms. The third-order valence-electron chi connectivity index (χ3n) is 4.17. The SMILES string of the molecule is O=C1CS[C@@H]2N1CC[NH2+]C21CCCCC1. The third kappa shape index (κ3) is 1.49. The van der Waals surface area contributed by atoms with E-state index in [4.69, 9.17) is 0 Å². The third-order valence-corrected chi connectivity index (χ3v) is 5.62. The summed E-state index contributed by atoms with van der Waals surface area (Å²) in [6, 6.07) is 0. The van der Waals surface area contributed by atoms with Crippen LogP contribution in [-0.4, -0.2) is 40.6 Å². The first-order chi connectivity index (χ1) is 7.32. The molecule has 0 unspecified atom stereocenters. The standard InChI is InChI=1S/C11H18N2OS/c14-9-8-15-10-11(4-2-1-3-5-11)12-6-7-13(9)10/h10,12H,1-8H2/p+1/t10-/m0/s1. The zero-order valence-electron chi connectivity index (χ0n) is 9.08. The molecule has 0 aromatic rings. The van der Waals surface area contributed by atoms with Crippen molar-refractivity contribution in [3.8, 4) is 0 Å². The molecular formula is C11H19N2OS+. The van der Waals surface area contributed by atoms with Crippen molar-refractivity contribution in [1.82, 2.24) is 4.90 Å². The number of hydrogen-bond donors (Lipinski definition) is 1. The molecule has 1 amide bonds. The van der Waals surface area contributed by atoms with Crippen molar-refractivity contribution in [2.75, 3.05) is 18.8 Å². The van der Waals surface area contributed by atoms with Crippen LogP contribution in [0.2, 0.25) is 0 Å². The Balaban J connectivity index is 1.85. The first kappa shape index (κ1) is 9.97. The quantitative estimate of drug-likeness (QED) is 0.640. The van der Waals surface area contributed by atoms with Crippen molar-refractivity contribution in [3.05, 3.63) is 0 Å². The molecule has 2 saturated heterocycles. The van der Waals surface area contributed by atoms with Gasteiger partial charge in [-0.2, -0.15) is 0 Å². The summed E-state index contributed by atoms with van der Waals surface area (Å²) >= 11 is 1.88. The maximum atomic E-state index is 11.7. The number of carbonyl (C=O) groups excluding carboxylic acids is 1. The van der Waals surface area contributed by atoms with Gasteiger partial charge < -0.3 is 10.2 Å². The fourth-order valence-corrected chi connectivity index (χ4v) is 4.96. The summed E-state index contributed by atoms with van der Waals surface area (Å²) in [5.41, 5.74) is 0.382. The maximum Gasteiger partial charge on any atom is 0.233 e. The minimum Gasteiger partial charge on any atom is -0.337 e. The van der Waals surface area contributed by atoms with Crippen LogP contribution in [-0.2, 0) is 4.79 Å². The summed E-state index contributed by atoms with van der Waals surface area (Å²) in [5.74, 6) is 1.10. The van der Waals surface area contributed by atoms with E-state index in [2.05, 4.69) is 10.2 Å². The highest BCUT2D eigenvalue weighted by molar-refractivity contribution is 8.01. The second-order valence-corrected chi connectivity index (χ2v) is 6.11. The number of piperazine rings is 1. The van der Waals surface area contributed by atoms with E-state index in [9.17, 15) is 4.79 Å². The summed E-state index contributed by atoms with van der Waals surface area (Å²) < 4.78 is 0. The van der Waals surface area contributed by atoms with E-state index in [0.717, 1.165) is 18.8 Å². The Hall–Kier alpha value is -0.220. The van der Waals surface area contributed by atoms with E-state index in [1.807, 2.05) is 11.8 Å². The lowest BCUT2D eigenvalue weighted by atomic mass is 9.80. The van der Waals surface area contributed by atoms with Crippen LogP contribution < -0.4 is 5.32 Å². The van der Waals surface area contributed by atoms with Gasteiger partial charge in [-0.15, -0.1) is 11.8 Å². The van der Waals surface area contributed by atoms with Crippen LogP contribution in [0, 0.1) is 0 Å². The lowest BCUT2D eigenvalue weighted by Crippen LogP contribution is -3.03. The van der Waals surface area contributed by atoms with E-state index in [1.54, 1.807) is 0 Å². The van der Waals surface area contributed by atoms with Gasteiger partial charge in [-0.05, 0) is 12.8 Å². The number of thioether (sulfide) groups is 1. The van der Waals surface area contributed by atoms with Crippen molar-refractivity contribution < 1.29 is 10.1 Å². The number of quaternary nitrogens is 1. The highest BCUT2D eigenvalue weighted by Crippen LogP contribution is 2.40. The van der Waals surface area contributed by atoms with Gasteiger partial charge in [-0.1, -0.05) is 6.42 Å². The average Bonchev–Trinajstić information content (AvgIpc) is 2.64. The largest absolute Gasteiger partial charge is 0.337 e. The lowest BCUT2D eigenvalue weighted by Gasteiger charge is -2.46. The molecule has 15 heavy (non-hydrogen) atoms. The van der Waals surface area contributed by atoms with Gasteiger partial charge in [0.2, 0.25) is 5.91 Å². The Bertz CT molecular complexity index is 270. The summed E-state index contributed by atoms with van der Waals surface area (Å²) in [6.07, 6.45) is 6.73. The van der Waals surface area contributed by atoms with Crippen LogP contribution in [0.3, 0.4) is 0 Å². The van der Waals surface area contributed by atoms with Crippen LogP contribution >= 0.6 is 11.8 Å². The number of amides is 1. The number of fused-ring (bicyclic) bond motifs is 2. The van der Waals surface area contributed by atoms with Gasteiger partial charge >= 0.3 is 0 Å².